The summed E-state index contributed by atoms with van der Waals surface area (Å²) in [6.07, 6.45) is 3.84. The molecule has 2 heterocycles. The van der Waals surface area contributed by atoms with Gasteiger partial charge in [-0.05, 0) is 37.9 Å². The third-order valence-electron chi connectivity index (χ3n) is 4.22. The first kappa shape index (κ1) is 15.2. The van der Waals surface area contributed by atoms with Crippen LogP contribution in [0.25, 0.3) is 10.9 Å². The number of benzene rings is 1. The van der Waals surface area contributed by atoms with E-state index in [4.69, 9.17) is 4.74 Å². The lowest BCUT2D eigenvalue weighted by Crippen LogP contribution is -2.36. The molecule has 1 fully saturated rings. The third kappa shape index (κ3) is 3.54. The van der Waals surface area contributed by atoms with E-state index < -0.39 is 0 Å². The summed E-state index contributed by atoms with van der Waals surface area (Å²) in [6, 6.07) is 7.46. The molecule has 1 aliphatic heterocycles. The van der Waals surface area contributed by atoms with Crippen LogP contribution in [0.5, 0.6) is 0 Å². The summed E-state index contributed by atoms with van der Waals surface area (Å²) in [7, 11) is 0. The molecule has 1 aromatic heterocycles. The Bertz CT molecular complexity index is 677. The lowest BCUT2D eigenvalue weighted by atomic mass is 10.1. The minimum Gasteiger partial charge on any atom is -0.377 e. The largest absolute Gasteiger partial charge is 0.377 e. The highest BCUT2D eigenvalue weighted by Gasteiger charge is 2.18. The molecule has 5 nitrogen and oxygen atoms in total. The highest BCUT2D eigenvalue weighted by molar-refractivity contribution is 5.77. The Labute approximate surface area is 130 Å². The van der Waals surface area contributed by atoms with Crippen molar-refractivity contribution in [3.8, 4) is 0 Å². The first-order valence-corrected chi connectivity index (χ1v) is 8.08. The number of para-hydroxylation sites is 1. The van der Waals surface area contributed by atoms with Crippen LogP contribution in [-0.4, -0.2) is 40.7 Å². The zero-order valence-electron chi connectivity index (χ0n) is 13.0. The van der Waals surface area contributed by atoms with E-state index in [0.717, 1.165) is 37.5 Å². The van der Waals surface area contributed by atoms with E-state index in [-0.39, 0.29) is 5.56 Å². The van der Waals surface area contributed by atoms with Gasteiger partial charge >= 0.3 is 0 Å². The maximum Gasteiger partial charge on any atom is 0.258 e. The van der Waals surface area contributed by atoms with Gasteiger partial charge in [-0.3, -0.25) is 9.69 Å². The van der Waals surface area contributed by atoms with Crippen molar-refractivity contribution in [1.82, 2.24) is 14.9 Å². The normalized spacial score (nSPS) is 18.9. The topological polar surface area (TPSA) is 58.2 Å². The fourth-order valence-corrected chi connectivity index (χ4v) is 2.97. The first-order chi connectivity index (χ1) is 10.8. The quantitative estimate of drug-likeness (QED) is 0.921. The first-order valence-electron chi connectivity index (χ1n) is 8.08. The molecule has 1 atom stereocenters. The molecular formula is C17H23N3O2. The van der Waals surface area contributed by atoms with E-state index in [1.54, 1.807) is 6.07 Å². The molecule has 0 aliphatic carbocycles. The summed E-state index contributed by atoms with van der Waals surface area (Å²) in [5, 5.41) is 0.643. The predicted octanol–water partition coefficient (Wildman–Crippen LogP) is 2.31. The van der Waals surface area contributed by atoms with Gasteiger partial charge in [-0.15, -0.1) is 0 Å². The monoisotopic (exact) mass is 301 g/mol. The van der Waals surface area contributed by atoms with Crippen molar-refractivity contribution in [2.45, 2.75) is 38.8 Å². The maximum absolute atomic E-state index is 12.1. The van der Waals surface area contributed by atoms with E-state index in [0.29, 0.717) is 18.0 Å². The smallest absolute Gasteiger partial charge is 0.258 e. The van der Waals surface area contributed by atoms with Crippen molar-refractivity contribution in [2.75, 3.05) is 19.7 Å². The number of H-pyrrole nitrogens is 1. The van der Waals surface area contributed by atoms with Gasteiger partial charge in [-0.2, -0.15) is 0 Å². The maximum atomic E-state index is 12.1. The van der Waals surface area contributed by atoms with Crippen LogP contribution in [0.1, 0.15) is 32.0 Å². The summed E-state index contributed by atoms with van der Waals surface area (Å²) in [4.78, 5) is 21.9. The lowest BCUT2D eigenvalue weighted by molar-refractivity contribution is -0.00661. The van der Waals surface area contributed by atoms with Crippen molar-refractivity contribution in [3.63, 3.8) is 0 Å². The molecule has 3 rings (SSSR count). The second-order valence-electron chi connectivity index (χ2n) is 5.85. The number of aromatic nitrogens is 2. The van der Waals surface area contributed by atoms with Crippen LogP contribution in [0.2, 0.25) is 0 Å². The van der Waals surface area contributed by atoms with E-state index in [1.807, 2.05) is 18.2 Å². The number of fused-ring (bicyclic) bond motifs is 1. The minimum atomic E-state index is -0.0643. The number of aromatic amines is 1. The van der Waals surface area contributed by atoms with Crippen LogP contribution in [0.4, 0.5) is 0 Å². The van der Waals surface area contributed by atoms with E-state index in [1.165, 1.54) is 12.8 Å². The number of rotatable bonds is 5. The van der Waals surface area contributed by atoms with Gasteiger partial charge in [0.1, 0.15) is 5.82 Å². The van der Waals surface area contributed by atoms with Crippen LogP contribution < -0.4 is 5.56 Å². The van der Waals surface area contributed by atoms with E-state index >= 15 is 0 Å². The molecule has 5 heteroatoms. The van der Waals surface area contributed by atoms with Gasteiger partial charge in [0.05, 0.1) is 23.6 Å². The predicted molar refractivity (Wildman–Crippen MR) is 86.9 cm³/mol. The third-order valence-corrected chi connectivity index (χ3v) is 4.22. The summed E-state index contributed by atoms with van der Waals surface area (Å²) in [6.45, 7) is 5.45. The fourth-order valence-electron chi connectivity index (χ4n) is 2.97. The van der Waals surface area contributed by atoms with Gasteiger partial charge in [-0.25, -0.2) is 4.98 Å². The number of likely N-dealkylation sites (N-methyl/N-ethyl adjacent to an activating group) is 1. The molecule has 0 radical (unpaired) electrons. The molecule has 0 saturated carbocycles. The Kier molecular flexibility index (Phi) is 4.85. The standard InChI is InChI=1S/C17H23N3O2/c1-2-20(11-13-7-5-6-10-22-13)12-16-18-15-9-4-3-8-14(15)17(21)19-16/h3-4,8-9,13H,2,5-7,10-12H2,1H3,(H,18,19,21)/t13-/m1/s1. The molecule has 1 aliphatic rings. The number of nitrogens with one attached hydrogen (secondary N) is 1. The van der Waals surface area contributed by atoms with Crippen LogP contribution in [-0.2, 0) is 11.3 Å². The van der Waals surface area contributed by atoms with Crippen molar-refractivity contribution in [3.05, 3.63) is 40.4 Å². The summed E-state index contributed by atoms with van der Waals surface area (Å²) in [5.74, 6) is 0.723. The van der Waals surface area contributed by atoms with Gasteiger partial charge in [0.25, 0.3) is 5.56 Å². The number of ether oxygens (including phenoxy) is 1. The minimum absolute atomic E-state index is 0.0643. The number of nitrogens with zero attached hydrogens (tertiary/aromatic N) is 2. The van der Waals surface area contributed by atoms with E-state index in [9.17, 15) is 4.79 Å². The molecule has 0 unspecified atom stereocenters. The molecule has 0 bridgehead atoms. The molecule has 118 valence electrons. The van der Waals surface area contributed by atoms with Gasteiger partial charge in [-0.1, -0.05) is 19.1 Å². The zero-order valence-corrected chi connectivity index (χ0v) is 13.0. The van der Waals surface area contributed by atoms with E-state index in [2.05, 4.69) is 21.8 Å². The van der Waals surface area contributed by atoms with Crippen LogP contribution in [0.15, 0.2) is 29.1 Å². The molecule has 2 aromatic rings. The Balaban J connectivity index is 1.74. The Hall–Kier alpha value is -1.72. The van der Waals surface area contributed by atoms with Gasteiger partial charge in [0.15, 0.2) is 0 Å². The molecule has 1 aromatic carbocycles. The van der Waals surface area contributed by atoms with Crippen LogP contribution >= 0.6 is 0 Å². The fraction of sp³-hybridized carbons (Fsp3) is 0.529. The average molecular weight is 301 g/mol. The van der Waals surface area contributed by atoms with Crippen molar-refractivity contribution in [2.24, 2.45) is 0 Å². The molecular weight excluding hydrogens is 278 g/mol. The van der Waals surface area contributed by atoms with Crippen LogP contribution in [0, 0.1) is 0 Å². The highest BCUT2D eigenvalue weighted by Crippen LogP contribution is 2.15. The van der Waals surface area contributed by atoms with Crippen LogP contribution in [0.3, 0.4) is 0 Å². The van der Waals surface area contributed by atoms with Gasteiger partial charge in [0.2, 0.25) is 0 Å². The molecule has 1 saturated heterocycles. The average Bonchev–Trinajstić information content (AvgIpc) is 2.55. The summed E-state index contributed by atoms with van der Waals surface area (Å²) >= 11 is 0. The molecule has 0 amide bonds. The second-order valence-corrected chi connectivity index (χ2v) is 5.85. The van der Waals surface area contributed by atoms with Crippen molar-refractivity contribution < 1.29 is 4.74 Å². The molecule has 0 spiro atoms. The number of hydrogen-bond donors (Lipinski definition) is 1. The molecule has 22 heavy (non-hydrogen) atoms. The SMILES string of the molecule is CCN(Cc1nc2ccccc2c(=O)[nH]1)C[C@H]1CCCCO1. The Morgan fingerprint density at radius 1 is 1.36 bits per heavy atom. The van der Waals surface area contributed by atoms with Gasteiger partial charge in [0, 0.05) is 13.2 Å². The summed E-state index contributed by atoms with van der Waals surface area (Å²) < 4.78 is 5.81. The molecule has 1 N–H and O–H groups in total. The van der Waals surface area contributed by atoms with Crippen molar-refractivity contribution >= 4 is 10.9 Å². The Morgan fingerprint density at radius 3 is 3.00 bits per heavy atom. The van der Waals surface area contributed by atoms with Crippen molar-refractivity contribution in [1.29, 1.82) is 0 Å². The summed E-state index contributed by atoms with van der Waals surface area (Å²) in [5.41, 5.74) is 0.691. The number of hydrogen-bond acceptors (Lipinski definition) is 4. The van der Waals surface area contributed by atoms with Gasteiger partial charge < -0.3 is 9.72 Å². The Morgan fingerprint density at radius 2 is 2.23 bits per heavy atom. The lowest BCUT2D eigenvalue weighted by Gasteiger charge is -2.28. The second kappa shape index (κ2) is 7.03. The zero-order chi connectivity index (χ0) is 15.4. The highest BCUT2D eigenvalue weighted by atomic mass is 16.5.